The van der Waals surface area contributed by atoms with E-state index in [1.54, 1.807) is 0 Å². The summed E-state index contributed by atoms with van der Waals surface area (Å²) in [6.07, 6.45) is -15.4. The van der Waals surface area contributed by atoms with Crippen molar-refractivity contribution in [2.45, 2.75) is 110 Å². The van der Waals surface area contributed by atoms with Gasteiger partial charge in [0.25, 0.3) is 0 Å². The van der Waals surface area contributed by atoms with Crippen molar-refractivity contribution in [2.24, 2.45) is 4.99 Å². The Hall–Kier alpha value is -4.03. The van der Waals surface area contributed by atoms with Gasteiger partial charge in [-0.15, -0.1) is 0 Å². The number of hydrogen-bond acceptors (Lipinski definition) is 19. The SMILES string of the molecule is CC(=O)OC[C@H]1O[C@@H](N=C=S)[C@H](OC(C)=O)[C@@H](OC(C)=O)[C@@H]1O[C@H]1O[C@H](COC(C)=O)[C@@H](OC(C)=O)[C@H](OC(C)=O)[C@H]1OC(C)=O. The third-order valence-corrected chi connectivity index (χ3v) is 6.19. The lowest BCUT2D eigenvalue weighted by atomic mass is 9.95. The lowest BCUT2D eigenvalue weighted by Crippen LogP contribution is -2.67. The van der Waals surface area contributed by atoms with Gasteiger partial charge in [0, 0.05) is 48.5 Å². The van der Waals surface area contributed by atoms with E-state index in [-0.39, 0.29) is 0 Å². The second-order valence-corrected chi connectivity index (χ2v) is 10.1. The average Bonchev–Trinajstić information content (AvgIpc) is 2.91. The van der Waals surface area contributed by atoms with Gasteiger partial charge >= 0.3 is 41.8 Å². The molecule has 0 N–H and O–H groups in total. The minimum absolute atomic E-state index is 0.542. The third kappa shape index (κ3) is 11.4. The Morgan fingerprint density at radius 1 is 0.543 bits per heavy atom. The maximum Gasteiger partial charge on any atom is 0.303 e. The molecule has 0 spiro atoms. The van der Waals surface area contributed by atoms with Crippen molar-refractivity contribution >= 4 is 59.2 Å². The molecule has 2 saturated heterocycles. The third-order valence-electron chi connectivity index (χ3n) is 6.08. The van der Waals surface area contributed by atoms with Crippen molar-refractivity contribution in [3.8, 4) is 0 Å². The maximum atomic E-state index is 12.3. The van der Waals surface area contributed by atoms with Crippen LogP contribution in [0.15, 0.2) is 4.99 Å². The second kappa shape index (κ2) is 17.6. The summed E-state index contributed by atoms with van der Waals surface area (Å²) in [5.41, 5.74) is 0. The summed E-state index contributed by atoms with van der Waals surface area (Å²) in [7, 11) is 0. The summed E-state index contributed by atoms with van der Waals surface area (Å²) >= 11 is 4.69. The highest BCUT2D eigenvalue weighted by Crippen LogP contribution is 2.35. The molecule has 0 saturated carbocycles. The van der Waals surface area contributed by atoms with Crippen LogP contribution in [0.5, 0.6) is 0 Å². The smallest absolute Gasteiger partial charge is 0.303 e. The molecule has 0 aromatic heterocycles. The molecule has 2 heterocycles. The topological polar surface area (TPSA) is 224 Å². The van der Waals surface area contributed by atoms with Crippen LogP contribution in [-0.2, 0) is 80.9 Å². The lowest BCUT2D eigenvalue weighted by molar-refractivity contribution is -0.344. The zero-order chi connectivity index (χ0) is 34.7. The molecule has 2 aliphatic rings. The largest absolute Gasteiger partial charge is 0.463 e. The molecule has 18 nitrogen and oxygen atoms in total. The summed E-state index contributed by atoms with van der Waals surface area (Å²) in [6, 6.07) is 0. The van der Waals surface area contributed by atoms with E-state index in [9.17, 15) is 33.6 Å². The maximum absolute atomic E-state index is 12.3. The number of nitrogens with zero attached hydrogens (tertiary/aromatic N) is 1. The van der Waals surface area contributed by atoms with Crippen molar-refractivity contribution in [1.82, 2.24) is 0 Å². The molecule has 0 aliphatic carbocycles. The number of isothiocyanates is 1. The minimum Gasteiger partial charge on any atom is -0.463 e. The summed E-state index contributed by atoms with van der Waals surface area (Å²) in [6.45, 7) is 6.30. The quantitative estimate of drug-likeness (QED) is 0.112. The van der Waals surface area contributed by atoms with Crippen molar-refractivity contribution in [3.63, 3.8) is 0 Å². The van der Waals surface area contributed by atoms with Crippen LogP contribution in [0.3, 0.4) is 0 Å². The number of carbonyl (C=O) groups is 7. The predicted molar refractivity (Wildman–Crippen MR) is 148 cm³/mol. The molecule has 0 bridgehead atoms. The lowest BCUT2D eigenvalue weighted by Gasteiger charge is -2.48. The summed E-state index contributed by atoms with van der Waals surface area (Å²) in [5, 5.41) is 2.09. The van der Waals surface area contributed by atoms with Gasteiger partial charge in [-0.2, -0.15) is 4.99 Å². The number of ether oxygens (including phenoxy) is 10. The van der Waals surface area contributed by atoms with Gasteiger partial charge in [0.1, 0.15) is 31.5 Å². The number of thiocarbonyl (C=S) groups is 1. The molecule has 19 heteroatoms. The second-order valence-electron chi connectivity index (χ2n) is 9.90. The van der Waals surface area contributed by atoms with E-state index in [0.717, 1.165) is 48.5 Å². The molecule has 2 fully saturated rings. The highest BCUT2D eigenvalue weighted by Gasteiger charge is 2.57. The van der Waals surface area contributed by atoms with E-state index in [2.05, 4.69) is 22.4 Å². The minimum atomic E-state index is -1.78. The predicted octanol–water partition coefficient (Wildman–Crippen LogP) is -0.291. The summed E-state index contributed by atoms with van der Waals surface area (Å²) in [4.78, 5) is 88.1. The van der Waals surface area contributed by atoms with Gasteiger partial charge < -0.3 is 47.4 Å². The van der Waals surface area contributed by atoms with E-state index < -0.39 is 116 Å². The molecular formula is C27H35NO17S. The van der Waals surface area contributed by atoms with Crippen LogP contribution >= 0.6 is 12.2 Å². The highest BCUT2D eigenvalue weighted by molar-refractivity contribution is 7.78. The van der Waals surface area contributed by atoms with Gasteiger partial charge in [0.15, 0.2) is 43.0 Å². The number of aliphatic imine (C=N–C) groups is 1. The van der Waals surface area contributed by atoms with Crippen LogP contribution in [0.25, 0.3) is 0 Å². The number of rotatable bonds is 12. The molecule has 0 radical (unpaired) electrons. The molecule has 0 aromatic carbocycles. The van der Waals surface area contributed by atoms with Crippen LogP contribution in [0.4, 0.5) is 0 Å². The molecular weight excluding hydrogens is 642 g/mol. The molecule has 0 aromatic rings. The molecule has 0 unspecified atom stereocenters. The van der Waals surface area contributed by atoms with Gasteiger partial charge in [-0.25, -0.2) is 0 Å². The number of carbonyl (C=O) groups excluding carboxylic acids is 7. The summed E-state index contributed by atoms with van der Waals surface area (Å²) < 4.78 is 55.3. The van der Waals surface area contributed by atoms with E-state index in [1.807, 2.05) is 0 Å². The van der Waals surface area contributed by atoms with E-state index in [0.29, 0.717) is 0 Å². The molecule has 2 rings (SSSR count). The Labute approximate surface area is 268 Å². The van der Waals surface area contributed by atoms with Crippen LogP contribution in [0.1, 0.15) is 48.5 Å². The van der Waals surface area contributed by atoms with Crippen molar-refractivity contribution in [3.05, 3.63) is 0 Å². The van der Waals surface area contributed by atoms with E-state index >= 15 is 0 Å². The fourth-order valence-electron chi connectivity index (χ4n) is 4.65. The van der Waals surface area contributed by atoms with Crippen LogP contribution in [0, 0.1) is 0 Å². The zero-order valence-corrected chi connectivity index (χ0v) is 26.8. The molecule has 2 aliphatic heterocycles. The monoisotopic (exact) mass is 677 g/mol. The van der Waals surface area contributed by atoms with Gasteiger partial charge in [0.2, 0.25) is 0 Å². The molecule has 0 amide bonds. The number of esters is 7. The Morgan fingerprint density at radius 3 is 1.37 bits per heavy atom. The molecule has 10 atom stereocenters. The van der Waals surface area contributed by atoms with Crippen molar-refractivity contribution < 1.29 is 80.9 Å². The van der Waals surface area contributed by atoms with E-state index in [1.165, 1.54) is 0 Å². The fraction of sp³-hybridized carbons (Fsp3) is 0.704. The molecule has 256 valence electrons. The van der Waals surface area contributed by atoms with Crippen LogP contribution in [0.2, 0.25) is 0 Å². The first-order valence-electron chi connectivity index (χ1n) is 13.7. The Morgan fingerprint density at radius 2 is 0.935 bits per heavy atom. The van der Waals surface area contributed by atoms with Crippen LogP contribution in [-0.4, -0.2) is 122 Å². The Kier molecular flexibility index (Phi) is 14.6. The van der Waals surface area contributed by atoms with Gasteiger partial charge in [-0.1, -0.05) is 0 Å². The van der Waals surface area contributed by atoms with Crippen molar-refractivity contribution in [2.75, 3.05) is 13.2 Å². The normalized spacial score (nSPS) is 30.3. The fourth-order valence-corrected chi connectivity index (χ4v) is 4.75. The van der Waals surface area contributed by atoms with Gasteiger partial charge in [-0.05, 0) is 12.2 Å². The first-order valence-corrected chi connectivity index (χ1v) is 14.1. The summed E-state index contributed by atoms with van der Waals surface area (Å²) in [5.74, 6) is -5.88. The zero-order valence-electron chi connectivity index (χ0n) is 26.0. The van der Waals surface area contributed by atoms with E-state index in [4.69, 9.17) is 47.4 Å². The van der Waals surface area contributed by atoms with Crippen molar-refractivity contribution in [1.29, 1.82) is 0 Å². The standard InChI is InChI=1S/C27H35NO17S/c1-11(29)36-8-18-21(22(39-14(4)32)24(41-16(6)34)26(43-18)28-10-46)45-27-25(42-17(7)35)23(40-15(5)33)20(38-13(3)31)19(44-27)9-37-12(2)30/h18-27H,8-9H2,1-7H3/t18-,19-,20-,21-,22+,23+,24-,25-,26-,27-/m1/s1. The van der Waals surface area contributed by atoms with Gasteiger partial charge in [-0.3, -0.25) is 33.6 Å². The highest BCUT2D eigenvalue weighted by atomic mass is 32.1. The van der Waals surface area contributed by atoms with Crippen LogP contribution < -0.4 is 0 Å². The molecule has 46 heavy (non-hydrogen) atoms. The first kappa shape index (κ1) is 38.2. The Balaban J connectivity index is 2.73. The Bertz CT molecular complexity index is 1220. The average molecular weight is 678 g/mol. The number of hydrogen-bond donors (Lipinski definition) is 0. The first-order chi connectivity index (χ1) is 21.5. The van der Waals surface area contributed by atoms with Gasteiger partial charge in [0.05, 0.1) is 5.16 Å².